The smallest absolute Gasteiger partial charge is 0.258 e. The molecule has 1 heterocycles. The van der Waals surface area contributed by atoms with Gasteiger partial charge in [0.1, 0.15) is 0 Å². The highest BCUT2D eigenvalue weighted by Crippen LogP contribution is 2.25. The minimum absolute atomic E-state index is 0.00457. The lowest BCUT2D eigenvalue weighted by atomic mass is 10.0. The van der Waals surface area contributed by atoms with E-state index in [1.807, 2.05) is 24.3 Å². The third-order valence-corrected chi connectivity index (χ3v) is 4.63. The Morgan fingerprint density at radius 1 is 1.04 bits per heavy atom. The molecule has 0 radical (unpaired) electrons. The number of likely N-dealkylation sites (tertiary alicyclic amines) is 1. The first-order valence-corrected chi connectivity index (χ1v) is 9.06. The maximum atomic E-state index is 12.2. The number of hydrogen-bond acceptors (Lipinski definition) is 4. The predicted molar refractivity (Wildman–Crippen MR) is 101 cm³/mol. The fourth-order valence-electron chi connectivity index (χ4n) is 3.23. The van der Waals surface area contributed by atoms with Crippen molar-refractivity contribution in [1.29, 1.82) is 0 Å². The predicted octanol–water partition coefficient (Wildman–Crippen LogP) is 2.85. The lowest BCUT2D eigenvalue weighted by molar-refractivity contribution is -0.124. The molecule has 0 spiro atoms. The SMILES string of the molecule is COc1ccccc1OCC(=O)NC1CCN(Cc2ccccc2)CC1. The normalized spacial score (nSPS) is 15.4. The molecule has 1 aliphatic heterocycles. The van der Waals surface area contributed by atoms with Gasteiger partial charge in [-0.15, -0.1) is 0 Å². The van der Waals surface area contributed by atoms with Crippen LogP contribution in [0.3, 0.4) is 0 Å². The van der Waals surface area contributed by atoms with Crippen LogP contribution in [-0.4, -0.2) is 43.7 Å². The number of carbonyl (C=O) groups is 1. The van der Waals surface area contributed by atoms with Gasteiger partial charge in [-0.05, 0) is 30.5 Å². The highest BCUT2D eigenvalue weighted by Gasteiger charge is 2.21. The van der Waals surface area contributed by atoms with Gasteiger partial charge in [-0.1, -0.05) is 42.5 Å². The first-order chi connectivity index (χ1) is 12.7. The van der Waals surface area contributed by atoms with Gasteiger partial charge in [0.25, 0.3) is 5.91 Å². The number of nitrogens with one attached hydrogen (secondary N) is 1. The fourth-order valence-corrected chi connectivity index (χ4v) is 3.23. The molecule has 1 N–H and O–H groups in total. The van der Waals surface area contributed by atoms with E-state index >= 15 is 0 Å². The summed E-state index contributed by atoms with van der Waals surface area (Å²) in [4.78, 5) is 14.6. The zero-order chi connectivity index (χ0) is 18.2. The topological polar surface area (TPSA) is 50.8 Å². The van der Waals surface area contributed by atoms with Crippen LogP contribution in [0.15, 0.2) is 54.6 Å². The van der Waals surface area contributed by atoms with Crippen LogP contribution in [0.2, 0.25) is 0 Å². The average molecular weight is 354 g/mol. The highest BCUT2D eigenvalue weighted by atomic mass is 16.5. The molecule has 0 unspecified atom stereocenters. The van der Waals surface area contributed by atoms with Crippen LogP contribution in [0.1, 0.15) is 18.4 Å². The van der Waals surface area contributed by atoms with Gasteiger partial charge in [-0.25, -0.2) is 0 Å². The van der Waals surface area contributed by atoms with E-state index in [-0.39, 0.29) is 18.6 Å². The first-order valence-electron chi connectivity index (χ1n) is 9.06. The van der Waals surface area contributed by atoms with Crippen molar-refractivity contribution in [3.8, 4) is 11.5 Å². The zero-order valence-corrected chi connectivity index (χ0v) is 15.2. The number of rotatable bonds is 7. The maximum Gasteiger partial charge on any atom is 0.258 e. The van der Waals surface area contributed by atoms with E-state index in [0.29, 0.717) is 11.5 Å². The molecule has 5 heteroatoms. The molecule has 0 aliphatic carbocycles. The van der Waals surface area contributed by atoms with Crippen molar-refractivity contribution in [3.63, 3.8) is 0 Å². The summed E-state index contributed by atoms with van der Waals surface area (Å²) < 4.78 is 10.8. The molecule has 2 aromatic carbocycles. The second kappa shape index (κ2) is 9.25. The molecular weight excluding hydrogens is 328 g/mol. The van der Waals surface area contributed by atoms with Crippen molar-refractivity contribution in [1.82, 2.24) is 10.2 Å². The Balaban J connectivity index is 1.39. The number of methoxy groups -OCH3 is 1. The summed E-state index contributed by atoms with van der Waals surface area (Å²) >= 11 is 0. The quantitative estimate of drug-likeness (QED) is 0.831. The van der Waals surface area contributed by atoms with Crippen LogP contribution >= 0.6 is 0 Å². The van der Waals surface area contributed by atoms with Crippen molar-refractivity contribution in [2.24, 2.45) is 0 Å². The summed E-state index contributed by atoms with van der Waals surface area (Å²) in [6.07, 6.45) is 1.93. The molecule has 0 atom stereocenters. The van der Waals surface area contributed by atoms with Gasteiger partial charge in [0, 0.05) is 25.7 Å². The standard InChI is InChI=1S/C21H26N2O3/c1-25-19-9-5-6-10-20(19)26-16-21(24)22-18-11-13-23(14-12-18)15-17-7-3-2-4-8-17/h2-10,18H,11-16H2,1H3,(H,22,24). The molecule has 26 heavy (non-hydrogen) atoms. The number of carbonyl (C=O) groups excluding carboxylic acids is 1. The summed E-state index contributed by atoms with van der Waals surface area (Å²) in [6.45, 7) is 2.96. The summed E-state index contributed by atoms with van der Waals surface area (Å²) in [7, 11) is 1.59. The van der Waals surface area contributed by atoms with Crippen molar-refractivity contribution in [2.45, 2.75) is 25.4 Å². The number of hydrogen-bond donors (Lipinski definition) is 1. The molecule has 1 fully saturated rings. The molecule has 1 amide bonds. The van der Waals surface area contributed by atoms with Gasteiger partial charge in [0.2, 0.25) is 0 Å². The lowest BCUT2D eigenvalue weighted by Crippen LogP contribution is -2.45. The van der Waals surface area contributed by atoms with Crippen molar-refractivity contribution in [2.75, 3.05) is 26.8 Å². The van der Waals surface area contributed by atoms with E-state index in [9.17, 15) is 4.79 Å². The fraction of sp³-hybridized carbons (Fsp3) is 0.381. The summed E-state index contributed by atoms with van der Waals surface area (Å²) in [6, 6.07) is 18.1. The van der Waals surface area contributed by atoms with Crippen LogP contribution in [0.5, 0.6) is 11.5 Å². The number of amides is 1. The first kappa shape index (κ1) is 18.3. The summed E-state index contributed by atoms with van der Waals surface area (Å²) in [5, 5.41) is 3.08. The third-order valence-electron chi connectivity index (χ3n) is 4.63. The van der Waals surface area contributed by atoms with E-state index < -0.39 is 0 Å². The van der Waals surface area contributed by atoms with E-state index in [1.165, 1.54) is 5.56 Å². The van der Waals surface area contributed by atoms with E-state index in [1.54, 1.807) is 13.2 Å². The largest absolute Gasteiger partial charge is 0.493 e. The van der Waals surface area contributed by atoms with Crippen LogP contribution in [0, 0.1) is 0 Å². The van der Waals surface area contributed by atoms with Crippen LogP contribution in [0.25, 0.3) is 0 Å². The molecule has 1 aliphatic rings. The van der Waals surface area contributed by atoms with Crippen molar-refractivity contribution >= 4 is 5.91 Å². The number of benzene rings is 2. The van der Waals surface area contributed by atoms with Gasteiger partial charge >= 0.3 is 0 Å². The van der Waals surface area contributed by atoms with Gasteiger partial charge in [0.05, 0.1) is 7.11 Å². The Morgan fingerprint density at radius 3 is 2.38 bits per heavy atom. The Bertz CT molecular complexity index is 697. The number of piperidine rings is 1. The number of nitrogens with zero attached hydrogens (tertiary/aromatic N) is 1. The third kappa shape index (κ3) is 5.23. The molecule has 2 aromatic rings. The molecule has 3 rings (SSSR count). The van der Waals surface area contributed by atoms with Crippen LogP contribution in [0.4, 0.5) is 0 Å². The molecule has 0 bridgehead atoms. The average Bonchev–Trinajstić information content (AvgIpc) is 2.69. The minimum atomic E-state index is -0.0857. The van der Waals surface area contributed by atoms with Crippen LogP contribution in [-0.2, 0) is 11.3 Å². The van der Waals surface area contributed by atoms with Crippen LogP contribution < -0.4 is 14.8 Å². The Hall–Kier alpha value is -2.53. The van der Waals surface area contributed by atoms with Crippen molar-refractivity contribution < 1.29 is 14.3 Å². The molecule has 1 saturated heterocycles. The van der Waals surface area contributed by atoms with Gasteiger partial charge in [0.15, 0.2) is 18.1 Å². The lowest BCUT2D eigenvalue weighted by Gasteiger charge is -2.32. The highest BCUT2D eigenvalue weighted by molar-refractivity contribution is 5.78. The second-order valence-electron chi connectivity index (χ2n) is 6.54. The maximum absolute atomic E-state index is 12.2. The van der Waals surface area contributed by atoms with E-state index in [4.69, 9.17) is 9.47 Å². The minimum Gasteiger partial charge on any atom is -0.493 e. The molecule has 0 saturated carbocycles. The molecule has 5 nitrogen and oxygen atoms in total. The number of para-hydroxylation sites is 2. The summed E-state index contributed by atoms with van der Waals surface area (Å²) in [5.74, 6) is 1.13. The second-order valence-corrected chi connectivity index (χ2v) is 6.54. The molecule has 138 valence electrons. The van der Waals surface area contributed by atoms with Crippen molar-refractivity contribution in [3.05, 3.63) is 60.2 Å². The zero-order valence-electron chi connectivity index (χ0n) is 15.2. The Morgan fingerprint density at radius 2 is 1.69 bits per heavy atom. The van der Waals surface area contributed by atoms with Gasteiger partial charge in [-0.3, -0.25) is 9.69 Å². The number of ether oxygens (including phenoxy) is 2. The molecule has 0 aromatic heterocycles. The molecular formula is C21H26N2O3. The van der Waals surface area contributed by atoms with E-state index in [2.05, 4.69) is 34.5 Å². The Labute approximate surface area is 154 Å². The monoisotopic (exact) mass is 354 g/mol. The van der Waals surface area contributed by atoms with E-state index in [0.717, 1.165) is 32.5 Å². The van der Waals surface area contributed by atoms with Gasteiger partial charge in [-0.2, -0.15) is 0 Å². The summed E-state index contributed by atoms with van der Waals surface area (Å²) in [5.41, 5.74) is 1.33. The Kier molecular flexibility index (Phi) is 6.50. The van der Waals surface area contributed by atoms with Gasteiger partial charge < -0.3 is 14.8 Å².